The van der Waals surface area contributed by atoms with Crippen LogP contribution in [0.15, 0.2) is 5.38 Å². The van der Waals surface area contributed by atoms with Crippen molar-refractivity contribution in [2.45, 2.75) is 83.6 Å². The molecular weight excluding hydrogens is 264 g/mol. The highest BCUT2D eigenvalue weighted by Gasteiger charge is 2.19. The van der Waals surface area contributed by atoms with Crippen LogP contribution in [-0.2, 0) is 11.8 Å². The molecule has 1 saturated carbocycles. The van der Waals surface area contributed by atoms with Crippen LogP contribution in [0.25, 0.3) is 0 Å². The van der Waals surface area contributed by atoms with Crippen molar-refractivity contribution in [1.82, 2.24) is 4.98 Å². The highest BCUT2D eigenvalue weighted by atomic mass is 32.1. The van der Waals surface area contributed by atoms with Crippen molar-refractivity contribution in [3.05, 3.63) is 16.1 Å². The Hall–Kier alpha value is -0.410. The molecule has 2 N–H and O–H groups in total. The zero-order valence-electron chi connectivity index (χ0n) is 13.3. The Balaban J connectivity index is 1.76. The van der Waals surface area contributed by atoms with E-state index >= 15 is 0 Å². The minimum atomic E-state index is 0.154. The second-order valence-electron chi connectivity index (χ2n) is 7.42. The lowest BCUT2D eigenvalue weighted by molar-refractivity contribution is 0.323. The van der Waals surface area contributed by atoms with Gasteiger partial charge in [-0.15, -0.1) is 11.3 Å². The van der Waals surface area contributed by atoms with Gasteiger partial charge in [-0.25, -0.2) is 4.98 Å². The van der Waals surface area contributed by atoms with Gasteiger partial charge in [-0.3, -0.25) is 0 Å². The Morgan fingerprint density at radius 3 is 2.60 bits per heavy atom. The summed E-state index contributed by atoms with van der Waals surface area (Å²) in [7, 11) is 0. The Bertz CT molecular complexity index is 399. The van der Waals surface area contributed by atoms with E-state index in [1.807, 2.05) is 0 Å². The molecule has 114 valence electrons. The van der Waals surface area contributed by atoms with E-state index in [4.69, 9.17) is 10.7 Å². The monoisotopic (exact) mass is 294 g/mol. The van der Waals surface area contributed by atoms with E-state index in [1.165, 1.54) is 49.2 Å². The van der Waals surface area contributed by atoms with Gasteiger partial charge in [0.2, 0.25) is 0 Å². The molecular formula is C17H30N2S. The van der Waals surface area contributed by atoms with E-state index in [0.29, 0.717) is 0 Å². The Morgan fingerprint density at radius 1 is 1.30 bits per heavy atom. The third kappa shape index (κ3) is 4.85. The summed E-state index contributed by atoms with van der Waals surface area (Å²) in [5, 5.41) is 3.41. The van der Waals surface area contributed by atoms with Crippen LogP contribution < -0.4 is 5.73 Å². The van der Waals surface area contributed by atoms with Crippen LogP contribution in [0.5, 0.6) is 0 Å². The summed E-state index contributed by atoms with van der Waals surface area (Å²) in [6, 6.07) is 0.288. The lowest BCUT2D eigenvalue weighted by atomic mass is 9.85. The average Bonchev–Trinajstić information content (AvgIpc) is 2.86. The predicted octanol–water partition coefficient (Wildman–Crippen LogP) is 4.67. The maximum atomic E-state index is 6.31. The van der Waals surface area contributed by atoms with Crippen LogP contribution in [0.3, 0.4) is 0 Å². The summed E-state index contributed by atoms with van der Waals surface area (Å²) >= 11 is 1.78. The molecule has 1 fully saturated rings. The molecule has 1 aromatic heterocycles. The average molecular weight is 295 g/mol. The van der Waals surface area contributed by atoms with Crippen molar-refractivity contribution in [2.75, 3.05) is 0 Å². The van der Waals surface area contributed by atoms with Gasteiger partial charge in [0.1, 0.15) is 0 Å². The number of hydrogen-bond acceptors (Lipinski definition) is 3. The van der Waals surface area contributed by atoms with Crippen molar-refractivity contribution in [3.8, 4) is 0 Å². The molecule has 1 aromatic rings. The van der Waals surface area contributed by atoms with Gasteiger partial charge in [-0.05, 0) is 18.8 Å². The lowest BCUT2D eigenvalue weighted by Gasteiger charge is -2.22. The summed E-state index contributed by atoms with van der Waals surface area (Å²) in [4.78, 5) is 4.75. The van der Waals surface area contributed by atoms with E-state index in [-0.39, 0.29) is 11.5 Å². The minimum absolute atomic E-state index is 0.154. The molecule has 0 radical (unpaired) electrons. The second kappa shape index (κ2) is 7.04. The van der Waals surface area contributed by atoms with Crippen molar-refractivity contribution >= 4 is 11.3 Å². The third-order valence-corrected chi connectivity index (χ3v) is 5.30. The zero-order chi connectivity index (χ0) is 14.6. The lowest BCUT2D eigenvalue weighted by Crippen LogP contribution is -2.24. The summed E-state index contributed by atoms with van der Waals surface area (Å²) in [5.41, 5.74) is 7.67. The van der Waals surface area contributed by atoms with Crippen LogP contribution in [0.1, 0.15) is 76.4 Å². The molecule has 3 heteroatoms. The number of hydrogen-bond donors (Lipinski definition) is 1. The van der Waals surface area contributed by atoms with Gasteiger partial charge in [0, 0.05) is 23.3 Å². The van der Waals surface area contributed by atoms with Gasteiger partial charge in [-0.1, -0.05) is 52.9 Å². The van der Waals surface area contributed by atoms with Gasteiger partial charge in [0.05, 0.1) is 10.7 Å². The Labute approximate surface area is 128 Å². The van der Waals surface area contributed by atoms with Crippen molar-refractivity contribution in [1.29, 1.82) is 0 Å². The van der Waals surface area contributed by atoms with Crippen LogP contribution in [0.2, 0.25) is 0 Å². The summed E-state index contributed by atoms with van der Waals surface area (Å²) in [6.45, 7) is 6.65. The molecule has 0 spiro atoms. The molecule has 1 heterocycles. The first-order chi connectivity index (χ1) is 9.45. The van der Waals surface area contributed by atoms with E-state index in [1.54, 1.807) is 11.3 Å². The largest absolute Gasteiger partial charge is 0.327 e. The van der Waals surface area contributed by atoms with Crippen molar-refractivity contribution < 1.29 is 0 Å². The van der Waals surface area contributed by atoms with Crippen molar-refractivity contribution in [3.63, 3.8) is 0 Å². The van der Waals surface area contributed by atoms with Gasteiger partial charge in [0.25, 0.3) is 0 Å². The van der Waals surface area contributed by atoms with Gasteiger partial charge in [-0.2, -0.15) is 0 Å². The molecule has 0 bridgehead atoms. The van der Waals surface area contributed by atoms with Crippen LogP contribution in [-0.4, -0.2) is 11.0 Å². The molecule has 2 rings (SSSR count). The van der Waals surface area contributed by atoms with E-state index in [0.717, 1.165) is 18.8 Å². The smallest absolute Gasteiger partial charge is 0.0943 e. The molecule has 1 aliphatic rings. The third-order valence-electron chi connectivity index (χ3n) is 4.43. The summed E-state index contributed by atoms with van der Waals surface area (Å²) in [6.07, 6.45) is 10.6. The summed E-state index contributed by atoms with van der Waals surface area (Å²) in [5.74, 6) is 0.941. The first-order valence-corrected chi connectivity index (χ1v) is 9.03. The number of aromatic nitrogens is 1. The molecule has 1 unspecified atom stereocenters. The number of thiazole rings is 1. The van der Waals surface area contributed by atoms with Gasteiger partial charge < -0.3 is 5.73 Å². The quantitative estimate of drug-likeness (QED) is 0.857. The van der Waals surface area contributed by atoms with E-state index in [2.05, 4.69) is 26.2 Å². The van der Waals surface area contributed by atoms with E-state index < -0.39 is 0 Å². The molecule has 0 aliphatic heterocycles. The Kier molecular flexibility index (Phi) is 5.62. The topological polar surface area (TPSA) is 38.9 Å². The molecule has 2 nitrogen and oxygen atoms in total. The van der Waals surface area contributed by atoms with Gasteiger partial charge in [0.15, 0.2) is 0 Å². The standard InChI is InChI=1S/C17H30N2S/c1-17(2,3)15-12-20-16(19-15)11-14(18)10-9-13-7-5-4-6-8-13/h12-14H,4-11,18H2,1-3H3. The maximum absolute atomic E-state index is 6.31. The van der Waals surface area contributed by atoms with E-state index in [9.17, 15) is 0 Å². The van der Waals surface area contributed by atoms with Gasteiger partial charge >= 0.3 is 0 Å². The molecule has 1 atom stereocenters. The maximum Gasteiger partial charge on any atom is 0.0943 e. The number of nitrogens with zero attached hydrogens (tertiary/aromatic N) is 1. The summed E-state index contributed by atoms with van der Waals surface area (Å²) < 4.78 is 0. The molecule has 0 saturated heterocycles. The fourth-order valence-corrected chi connectivity index (χ4v) is 4.12. The first-order valence-electron chi connectivity index (χ1n) is 8.15. The molecule has 0 amide bonds. The fraction of sp³-hybridized carbons (Fsp3) is 0.824. The highest BCUT2D eigenvalue weighted by Crippen LogP contribution is 2.28. The first kappa shape index (κ1) is 16.0. The normalized spacial score (nSPS) is 19.2. The molecule has 1 aliphatic carbocycles. The molecule has 20 heavy (non-hydrogen) atoms. The van der Waals surface area contributed by atoms with Crippen LogP contribution in [0, 0.1) is 5.92 Å². The second-order valence-corrected chi connectivity index (χ2v) is 8.36. The minimum Gasteiger partial charge on any atom is -0.327 e. The highest BCUT2D eigenvalue weighted by molar-refractivity contribution is 7.09. The molecule has 0 aromatic carbocycles. The fourth-order valence-electron chi connectivity index (χ4n) is 3.00. The van der Waals surface area contributed by atoms with Crippen LogP contribution in [0.4, 0.5) is 0 Å². The van der Waals surface area contributed by atoms with Crippen LogP contribution >= 0.6 is 11.3 Å². The van der Waals surface area contributed by atoms with Crippen molar-refractivity contribution in [2.24, 2.45) is 11.7 Å². The SMILES string of the molecule is CC(C)(C)c1csc(CC(N)CCC2CCCCC2)n1. The predicted molar refractivity (Wildman–Crippen MR) is 88.3 cm³/mol. The number of nitrogens with two attached hydrogens (primary N) is 1. The number of rotatable bonds is 5. The Morgan fingerprint density at radius 2 is 2.00 bits per heavy atom. The zero-order valence-corrected chi connectivity index (χ0v) is 14.1.